The summed E-state index contributed by atoms with van der Waals surface area (Å²) in [6.45, 7) is 4.63. The Morgan fingerprint density at radius 3 is 2.32 bits per heavy atom. The average molecular weight is 442 g/mol. The molecule has 0 bridgehead atoms. The van der Waals surface area contributed by atoms with Crippen molar-refractivity contribution in [1.82, 2.24) is 10.2 Å². The minimum Gasteiger partial charge on any atom is -0.385 e. The smallest absolute Gasteiger partial charge is 0.220 e. The number of carbonyl (C=O) groups is 1. The Morgan fingerprint density at radius 1 is 1.06 bits per heavy atom. The Morgan fingerprint density at radius 2 is 1.71 bits per heavy atom. The maximum Gasteiger partial charge on any atom is 0.220 e. The minimum atomic E-state index is -1.41. The Hall–Kier alpha value is -1.80. The fourth-order valence-electron chi connectivity index (χ4n) is 4.59. The van der Waals surface area contributed by atoms with E-state index in [2.05, 4.69) is 10.2 Å². The van der Waals surface area contributed by atoms with Crippen LogP contribution in [0.1, 0.15) is 44.9 Å². The molecule has 0 spiro atoms. The van der Waals surface area contributed by atoms with E-state index in [0.717, 1.165) is 70.3 Å². The second kappa shape index (κ2) is 11.7. The first kappa shape index (κ1) is 23.9. The molecule has 3 rings (SSSR count). The van der Waals surface area contributed by atoms with Crippen molar-refractivity contribution in [2.75, 3.05) is 51.3 Å². The van der Waals surface area contributed by atoms with Crippen molar-refractivity contribution in [3.63, 3.8) is 0 Å². The first-order valence-corrected chi connectivity index (χ1v) is 11.4. The van der Waals surface area contributed by atoms with Crippen LogP contribution in [0, 0.1) is 23.4 Å². The van der Waals surface area contributed by atoms with E-state index in [1.165, 1.54) is 0 Å². The highest BCUT2D eigenvalue weighted by Crippen LogP contribution is 2.28. The third-order valence-corrected chi connectivity index (χ3v) is 6.52. The van der Waals surface area contributed by atoms with Crippen LogP contribution in [-0.4, -0.2) is 63.3 Å². The Labute approximate surface area is 182 Å². The summed E-state index contributed by atoms with van der Waals surface area (Å²) < 4.78 is 45.1. The lowest BCUT2D eigenvalue weighted by molar-refractivity contribution is -0.122. The van der Waals surface area contributed by atoms with Gasteiger partial charge in [-0.3, -0.25) is 9.69 Å². The van der Waals surface area contributed by atoms with Crippen LogP contribution in [0.2, 0.25) is 0 Å². The molecule has 1 aliphatic carbocycles. The molecule has 1 amide bonds. The summed E-state index contributed by atoms with van der Waals surface area (Å²) in [4.78, 5) is 16.2. The topological polar surface area (TPSA) is 44.8 Å². The zero-order valence-electron chi connectivity index (χ0n) is 18.3. The van der Waals surface area contributed by atoms with Gasteiger partial charge in [-0.05, 0) is 51.0 Å². The van der Waals surface area contributed by atoms with Gasteiger partial charge < -0.3 is 15.0 Å². The predicted octanol–water partition coefficient (Wildman–Crippen LogP) is 3.72. The van der Waals surface area contributed by atoms with Crippen LogP contribution in [0.3, 0.4) is 0 Å². The zero-order chi connectivity index (χ0) is 22.2. The maximum atomic E-state index is 13.5. The molecule has 5 nitrogen and oxygen atoms in total. The van der Waals surface area contributed by atoms with Crippen LogP contribution in [0.5, 0.6) is 0 Å². The van der Waals surface area contributed by atoms with Gasteiger partial charge >= 0.3 is 0 Å². The summed E-state index contributed by atoms with van der Waals surface area (Å²) in [5.74, 6) is -2.89. The third kappa shape index (κ3) is 7.10. The Bertz CT molecular complexity index is 695. The summed E-state index contributed by atoms with van der Waals surface area (Å²) >= 11 is 0. The summed E-state index contributed by atoms with van der Waals surface area (Å²) in [6.07, 6.45) is 6.77. The fourth-order valence-corrected chi connectivity index (χ4v) is 4.59. The number of piperazine rings is 1. The van der Waals surface area contributed by atoms with E-state index in [-0.39, 0.29) is 5.91 Å². The maximum absolute atomic E-state index is 13.5. The van der Waals surface area contributed by atoms with Crippen LogP contribution < -0.4 is 10.2 Å². The van der Waals surface area contributed by atoms with Crippen molar-refractivity contribution in [2.45, 2.75) is 51.0 Å². The van der Waals surface area contributed by atoms with E-state index in [1.807, 2.05) is 4.90 Å². The number of halogens is 3. The van der Waals surface area contributed by atoms with Crippen LogP contribution in [0.15, 0.2) is 12.1 Å². The van der Waals surface area contributed by atoms with Crippen molar-refractivity contribution < 1.29 is 22.7 Å². The second-order valence-electron chi connectivity index (χ2n) is 8.72. The lowest BCUT2D eigenvalue weighted by Crippen LogP contribution is -2.47. The zero-order valence-corrected chi connectivity index (χ0v) is 18.3. The molecule has 1 N–H and O–H groups in total. The van der Waals surface area contributed by atoms with Crippen LogP contribution in [-0.2, 0) is 9.53 Å². The molecular formula is C23H34F3N3O2. The molecule has 8 heteroatoms. The van der Waals surface area contributed by atoms with Gasteiger partial charge in [-0.2, -0.15) is 0 Å². The number of benzene rings is 1. The average Bonchev–Trinajstić information content (AvgIpc) is 2.77. The van der Waals surface area contributed by atoms with E-state index in [9.17, 15) is 18.0 Å². The van der Waals surface area contributed by atoms with Gasteiger partial charge in [-0.1, -0.05) is 0 Å². The van der Waals surface area contributed by atoms with Crippen molar-refractivity contribution >= 4 is 11.6 Å². The van der Waals surface area contributed by atoms with Crippen LogP contribution >= 0.6 is 0 Å². The number of carbonyl (C=O) groups excluding carboxylic acids is 1. The molecule has 0 unspecified atom stereocenters. The van der Waals surface area contributed by atoms with Gasteiger partial charge in [-0.25, -0.2) is 13.2 Å². The van der Waals surface area contributed by atoms with E-state index < -0.39 is 17.5 Å². The molecule has 1 saturated carbocycles. The molecule has 0 atom stereocenters. The standard InChI is InChI=1S/C23H34F3N3O2/c1-31-14-2-3-22(30)27-18-6-4-17(5-7-18)8-9-28-10-12-29(13-11-28)19-15-20(24)23(26)21(25)16-19/h15-18H,2-14H2,1H3,(H,27,30)/t17-,18-. The van der Waals surface area contributed by atoms with Gasteiger partial charge in [-0.15, -0.1) is 0 Å². The lowest BCUT2D eigenvalue weighted by atomic mass is 9.84. The van der Waals surface area contributed by atoms with E-state index >= 15 is 0 Å². The number of amides is 1. The van der Waals surface area contributed by atoms with Crippen LogP contribution in [0.4, 0.5) is 18.9 Å². The number of hydrogen-bond donors (Lipinski definition) is 1. The number of nitrogens with one attached hydrogen (secondary N) is 1. The number of methoxy groups -OCH3 is 1. The van der Waals surface area contributed by atoms with Gasteiger partial charge in [0.25, 0.3) is 0 Å². The van der Waals surface area contributed by atoms with Crippen molar-refractivity contribution in [2.24, 2.45) is 5.92 Å². The summed E-state index contributed by atoms with van der Waals surface area (Å²) in [7, 11) is 1.65. The molecule has 1 aromatic rings. The summed E-state index contributed by atoms with van der Waals surface area (Å²) in [5.41, 5.74) is 0.402. The first-order chi connectivity index (χ1) is 15.0. The van der Waals surface area contributed by atoms with Gasteiger partial charge in [0, 0.05) is 70.2 Å². The highest BCUT2D eigenvalue weighted by Gasteiger charge is 2.24. The molecule has 1 heterocycles. The molecule has 1 saturated heterocycles. The monoisotopic (exact) mass is 441 g/mol. The Balaban J connectivity index is 1.32. The molecule has 31 heavy (non-hydrogen) atoms. The number of anilines is 1. The van der Waals surface area contributed by atoms with Crippen molar-refractivity contribution in [3.8, 4) is 0 Å². The van der Waals surface area contributed by atoms with Gasteiger partial charge in [0.2, 0.25) is 5.91 Å². The van der Waals surface area contributed by atoms with E-state index in [4.69, 9.17) is 4.74 Å². The van der Waals surface area contributed by atoms with Crippen molar-refractivity contribution in [3.05, 3.63) is 29.6 Å². The third-order valence-electron chi connectivity index (χ3n) is 6.52. The molecule has 2 fully saturated rings. The molecule has 174 valence electrons. The predicted molar refractivity (Wildman–Crippen MR) is 115 cm³/mol. The highest BCUT2D eigenvalue weighted by atomic mass is 19.2. The van der Waals surface area contributed by atoms with Gasteiger partial charge in [0.15, 0.2) is 17.5 Å². The SMILES string of the molecule is COCCCC(=O)N[C@H]1CC[C@H](CCN2CCN(c3cc(F)c(F)c(F)c3)CC2)CC1. The number of ether oxygens (including phenoxy) is 1. The number of rotatable bonds is 9. The quantitative estimate of drug-likeness (QED) is 0.469. The summed E-state index contributed by atoms with van der Waals surface area (Å²) in [6, 6.07) is 2.44. The molecule has 0 radical (unpaired) electrons. The van der Waals surface area contributed by atoms with E-state index in [0.29, 0.717) is 43.8 Å². The van der Waals surface area contributed by atoms with Crippen LogP contribution in [0.25, 0.3) is 0 Å². The number of nitrogens with zero attached hydrogens (tertiary/aromatic N) is 2. The molecule has 1 aliphatic heterocycles. The van der Waals surface area contributed by atoms with E-state index in [1.54, 1.807) is 7.11 Å². The Kier molecular flexibility index (Phi) is 9.02. The second-order valence-corrected chi connectivity index (χ2v) is 8.72. The lowest BCUT2D eigenvalue weighted by Gasteiger charge is -2.37. The number of hydrogen-bond acceptors (Lipinski definition) is 4. The largest absolute Gasteiger partial charge is 0.385 e. The fraction of sp³-hybridized carbons (Fsp3) is 0.696. The first-order valence-electron chi connectivity index (χ1n) is 11.4. The molecule has 0 aromatic heterocycles. The van der Waals surface area contributed by atoms with Gasteiger partial charge in [0.05, 0.1) is 0 Å². The van der Waals surface area contributed by atoms with Crippen molar-refractivity contribution in [1.29, 1.82) is 0 Å². The minimum absolute atomic E-state index is 0.124. The molecule has 2 aliphatic rings. The summed E-state index contributed by atoms with van der Waals surface area (Å²) in [5, 5.41) is 3.15. The highest BCUT2D eigenvalue weighted by molar-refractivity contribution is 5.76. The molecular weight excluding hydrogens is 407 g/mol. The molecule has 1 aromatic carbocycles. The normalized spacial score (nSPS) is 22.5. The van der Waals surface area contributed by atoms with Gasteiger partial charge in [0.1, 0.15) is 0 Å².